The molecule has 2 N–H and O–H groups in total. The summed E-state index contributed by atoms with van der Waals surface area (Å²) < 4.78 is 5.73. The van der Waals surface area contributed by atoms with Gasteiger partial charge in [0.2, 0.25) is 5.88 Å². The van der Waals surface area contributed by atoms with Gasteiger partial charge in [0.15, 0.2) is 5.69 Å². The van der Waals surface area contributed by atoms with Crippen LogP contribution in [0.25, 0.3) is 0 Å². The summed E-state index contributed by atoms with van der Waals surface area (Å²) in [5, 5.41) is 19.8. The average Bonchev–Trinajstić information content (AvgIpc) is 2.91. The Balaban J connectivity index is 1.77. The second kappa shape index (κ2) is 8.69. The van der Waals surface area contributed by atoms with Crippen molar-refractivity contribution >= 4 is 12.0 Å². The molecule has 2 amide bonds. The Morgan fingerprint density at radius 1 is 1.23 bits per heavy atom. The lowest BCUT2D eigenvalue weighted by molar-refractivity contribution is 0.0956. The maximum Gasteiger partial charge on any atom is 0.407 e. The number of nitrogens with zero attached hydrogens (tertiary/aromatic N) is 3. The molecule has 1 aromatic heterocycles. The molecule has 0 radical (unpaired) electrons. The van der Waals surface area contributed by atoms with Gasteiger partial charge in [0.05, 0.1) is 0 Å². The van der Waals surface area contributed by atoms with Crippen LogP contribution in [-0.4, -0.2) is 52.3 Å². The van der Waals surface area contributed by atoms with Gasteiger partial charge in [-0.2, -0.15) is 0 Å². The van der Waals surface area contributed by atoms with Gasteiger partial charge >= 0.3 is 6.09 Å². The molecule has 0 spiro atoms. The summed E-state index contributed by atoms with van der Waals surface area (Å²) in [6.45, 7) is 7.71. The lowest BCUT2D eigenvalue weighted by Crippen LogP contribution is -2.36. The first-order chi connectivity index (χ1) is 14.2. The van der Waals surface area contributed by atoms with Gasteiger partial charge in [-0.1, -0.05) is 39.0 Å². The molecule has 160 valence electrons. The van der Waals surface area contributed by atoms with Crippen LogP contribution < -0.4 is 10.1 Å². The van der Waals surface area contributed by atoms with Crippen LogP contribution in [0.5, 0.6) is 5.88 Å². The van der Waals surface area contributed by atoms with E-state index in [9.17, 15) is 14.7 Å². The molecule has 1 unspecified atom stereocenters. The van der Waals surface area contributed by atoms with Gasteiger partial charge in [0.25, 0.3) is 5.91 Å². The summed E-state index contributed by atoms with van der Waals surface area (Å²) in [4.78, 5) is 24.7. The smallest absolute Gasteiger partial charge is 0.407 e. The normalized spacial score (nSPS) is 16.4. The summed E-state index contributed by atoms with van der Waals surface area (Å²) in [7, 11) is 1.53. The fourth-order valence-corrected chi connectivity index (χ4v) is 3.69. The first-order valence-electron chi connectivity index (χ1n) is 9.97. The minimum absolute atomic E-state index is 0.0626. The van der Waals surface area contributed by atoms with Crippen LogP contribution in [0.1, 0.15) is 53.9 Å². The molecule has 0 saturated carbocycles. The number of carbonyl (C=O) groups is 2. The zero-order valence-electron chi connectivity index (χ0n) is 17.8. The third kappa shape index (κ3) is 4.87. The van der Waals surface area contributed by atoms with E-state index in [0.29, 0.717) is 32.0 Å². The first kappa shape index (κ1) is 21.5. The average molecular weight is 412 g/mol. The van der Waals surface area contributed by atoms with Crippen LogP contribution >= 0.6 is 0 Å². The largest absolute Gasteiger partial charge is 0.472 e. The van der Waals surface area contributed by atoms with Crippen molar-refractivity contribution in [2.75, 3.05) is 20.1 Å². The molecule has 0 fully saturated rings. The fourth-order valence-electron chi connectivity index (χ4n) is 3.69. The Bertz CT molecular complexity index is 922. The van der Waals surface area contributed by atoms with Gasteiger partial charge < -0.3 is 20.1 Å². The molecule has 8 heteroatoms. The Morgan fingerprint density at radius 2 is 2.00 bits per heavy atom. The Labute approximate surface area is 176 Å². The van der Waals surface area contributed by atoms with Gasteiger partial charge in [-0.05, 0) is 34.6 Å². The lowest BCUT2D eigenvalue weighted by Gasteiger charge is -2.33. The molecule has 2 heterocycles. The van der Waals surface area contributed by atoms with Crippen LogP contribution in [0.4, 0.5) is 4.79 Å². The van der Waals surface area contributed by atoms with Crippen molar-refractivity contribution in [3.63, 3.8) is 0 Å². The van der Waals surface area contributed by atoms with Gasteiger partial charge in [0.1, 0.15) is 6.61 Å². The zero-order valence-corrected chi connectivity index (χ0v) is 17.8. The molecule has 1 atom stereocenters. The predicted octanol–water partition coefficient (Wildman–Crippen LogP) is 3.08. The van der Waals surface area contributed by atoms with Crippen molar-refractivity contribution in [3.05, 3.63) is 52.7 Å². The standard InChI is InChI=1S/C22H28N4O4/c1-22(2,3)17-12-26(21(28)29)10-9-15-11-14(5-6-16(15)17)13-30-19-8-7-18(24-25-19)20(27)23-4/h5-8,11,17H,9-10,12-13H2,1-4H3,(H,23,27)(H,28,29). The number of carboxylic acid groups (broad SMARTS) is 1. The fraction of sp³-hybridized carbons (Fsp3) is 0.455. The number of benzene rings is 1. The quantitative estimate of drug-likeness (QED) is 0.800. The van der Waals surface area contributed by atoms with Crippen molar-refractivity contribution in [1.82, 2.24) is 20.4 Å². The van der Waals surface area contributed by atoms with E-state index in [4.69, 9.17) is 4.74 Å². The number of hydrogen-bond acceptors (Lipinski definition) is 5. The van der Waals surface area contributed by atoms with E-state index in [2.05, 4.69) is 48.4 Å². The minimum Gasteiger partial charge on any atom is -0.472 e. The number of aromatic nitrogens is 2. The van der Waals surface area contributed by atoms with Crippen molar-refractivity contribution in [1.29, 1.82) is 0 Å². The van der Waals surface area contributed by atoms with Crippen LogP contribution in [0.3, 0.4) is 0 Å². The summed E-state index contributed by atoms with van der Waals surface area (Å²) >= 11 is 0. The first-order valence-corrected chi connectivity index (χ1v) is 9.97. The van der Waals surface area contributed by atoms with Crippen molar-refractivity contribution in [3.8, 4) is 5.88 Å². The zero-order chi connectivity index (χ0) is 21.9. The molecule has 0 bridgehead atoms. The Hall–Kier alpha value is -3.16. The molecular formula is C22H28N4O4. The number of amides is 2. The SMILES string of the molecule is CNC(=O)c1ccc(OCc2ccc3c(c2)CCN(C(=O)O)CC3C(C)(C)C)nn1. The van der Waals surface area contributed by atoms with Gasteiger partial charge in [0, 0.05) is 32.1 Å². The van der Waals surface area contributed by atoms with Crippen LogP contribution in [0.15, 0.2) is 30.3 Å². The maximum atomic E-state index is 11.6. The molecule has 1 aliphatic rings. The van der Waals surface area contributed by atoms with Gasteiger partial charge in [-0.3, -0.25) is 4.79 Å². The van der Waals surface area contributed by atoms with Gasteiger partial charge in [-0.15, -0.1) is 10.2 Å². The van der Waals surface area contributed by atoms with E-state index in [1.54, 1.807) is 12.1 Å². The summed E-state index contributed by atoms with van der Waals surface area (Å²) in [6.07, 6.45) is -0.206. The highest BCUT2D eigenvalue weighted by molar-refractivity contribution is 5.91. The highest BCUT2D eigenvalue weighted by Crippen LogP contribution is 2.39. The number of carbonyl (C=O) groups excluding carboxylic acids is 1. The Morgan fingerprint density at radius 3 is 2.60 bits per heavy atom. The van der Waals surface area contributed by atoms with Crippen molar-refractivity contribution in [2.45, 2.75) is 39.7 Å². The molecule has 30 heavy (non-hydrogen) atoms. The van der Waals surface area contributed by atoms with E-state index in [0.717, 1.165) is 11.1 Å². The predicted molar refractivity (Wildman–Crippen MR) is 112 cm³/mol. The molecule has 1 aromatic carbocycles. The lowest BCUT2D eigenvalue weighted by atomic mass is 9.75. The molecule has 0 saturated heterocycles. The monoisotopic (exact) mass is 412 g/mol. The molecule has 0 aliphatic carbocycles. The summed E-state index contributed by atoms with van der Waals surface area (Å²) in [5.74, 6) is 0.148. The second-order valence-corrected chi connectivity index (χ2v) is 8.55. The Kier molecular flexibility index (Phi) is 6.24. The molecular weight excluding hydrogens is 384 g/mol. The number of rotatable bonds is 4. The number of fused-ring (bicyclic) bond motifs is 1. The van der Waals surface area contributed by atoms with Gasteiger partial charge in [-0.25, -0.2) is 4.79 Å². The maximum absolute atomic E-state index is 11.6. The van der Waals surface area contributed by atoms with E-state index in [1.165, 1.54) is 17.5 Å². The summed E-state index contributed by atoms with van der Waals surface area (Å²) in [6, 6.07) is 9.37. The van der Waals surface area contributed by atoms with Crippen molar-refractivity contribution < 1.29 is 19.4 Å². The van der Waals surface area contributed by atoms with E-state index in [1.807, 2.05) is 6.07 Å². The van der Waals surface area contributed by atoms with Crippen molar-refractivity contribution in [2.24, 2.45) is 5.41 Å². The van der Waals surface area contributed by atoms with E-state index in [-0.39, 0.29) is 22.9 Å². The molecule has 2 aromatic rings. The summed E-state index contributed by atoms with van der Waals surface area (Å²) in [5.41, 5.74) is 3.49. The van der Waals surface area contributed by atoms with Crippen LogP contribution in [-0.2, 0) is 13.0 Å². The van der Waals surface area contributed by atoms with E-state index < -0.39 is 6.09 Å². The molecule has 8 nitrogen and oxygen atoms in total. The third-order valence-corrected chi connectivity index (χ3v) is 5.44. The number of hydrogen-bond donors (Lipinski definition) is 2. The van der Waals surface area contributed by atoms with Crippen LogP contribution in [0, 0.1) is 5.41 Å². The third-order valence-electron chi connectivity index (χ3n) is 5.44. The topological polar surface area (TPSA) is 105 Å². The molecule has 1 aliphatic heterocycles. The highest BCUT2D eigenvalue weighted by Gasteiger charge is 2.33. The number of ether oxygens (including phenoxy) is 1. The minimum atomic E-state index is -0.876. The van der Waals surface area contributed by atoms with E-state index >= 15 is 0 Å². The highest BCUT2D eigenvalue weighted by atomic mass is 16.5. The second-order valence-electron chi connectivity index (χ2n) is 8.55. The van der Waals surface area contributed by atoms with Crippen LogP contribution in [0.2, 0.25) is 0 Å². The number of nitrogens with one attached hydrogen (secondary N) is 1. The molecule has 3 rings (SSSR count).